The van der Waals surface area contributed by atoms with E-state index < -0.39 is 6.04 Å². The average Bonchev–Trinajstić information content (AvgIpc) is 2.86. The smallest absolute Gasteiger partial charge is 0.264 e. The summed E-state index contributed by atoms with van der Waals surface area (Å²) < 4.78 is 0. The molecular weight excluding hydrogens is 256 g/mol. The van der Waals surface area contributed by atoms with E-state index in [1.165, 1.54) is 6.07 Å². The third kappa shape index (κ3) is 3.36. The van der Waals surface area contributed by atoms with Crippen molar-refractivity contribution >= 4 is 11.6 Å². The Balaban J connectivity index is 2.05. The van der Waals surface area contributed by atoms with E-state index in [1.807, 2.05) is 19.1 Å². The van der Waals surface area contributed by atoms with E-state index >= 15 is 0 Å². The predicted octanol–water partition coefficient (Wildman–Crippen LogP) is 1.44. The minimum Gasteiger partial charge on any atom is -0.325 e. The fourth-order valence-electron chi connectivity index (χ4n) is 1.90. The molecule has 0 bridgehead atoms. The Morgan fingerprint density at radius 1 is 1.30 bits per heavy atom. The number of aromatic nitrogens is 2. The third-order valence-corrected chi connectivity index (χ3v) is 3.00. The fraction of sp³-hybridized carbons (Fsp3) is 0.286. The molecule has 0 radical (unpaired) electrons. The summed E-state index contributed by atoms with van der Waals surface area (Å²) in [6.07, 6.45) is 1.53. The normalized spacial score (nSPS) is 12.1. The lowest BCUT2D eigenvalue weighted by Crippen LogP contribution is -2.35. The van der Waals surface area contributed by atoms with Gasteiger partial charge in [0.2, 0.25) is 5.91 Å². The van der Waals surface area contributed by atoms with Crippen LogP contribution < -0.4 is 16.6 Å². The van der Waals surface area contributed by atoms with Crippen molar-refractivity contribution in [1.29, 1.82) is 0 Å². The van der Waals surface area contributed by atoms with Crippen LogP contribution in [-0.2, 0) is 4.79 Å². The molecule has 5 N–H and O–H groups in total. The molecule has 0 saturated heterocycles. The summed E-state index contributed by atoms with van der Waals surface area (Å²) in [4.78, 5) is 22.8. The van der Waals surface area contributed by atoms with Gasteiger partial charge >= 0.3 is 0 Å². The number of benzene rings is 1. The molecule has 1 heterocycles. The van der Waals surface area contributed by atoms with E-state index in [0.29, 0.717) is 17.8 Å². The molecule has 0 aliphatic carbocycles. The fourth-order valence-corrected chi connectivity index (χ4v) is 1.90. The van der Waals surface area contributed by atoms with Crippen LogP contribution in [-0.4, -0.2) is 22.1 Å². The topological polar surface area (TPSA) is 104 Å². The Morgan fingerprint density at radius 2 is 2.00 bits per heavy atom. The summed E-state index contributed by atoms with van der Waals surface area (Å²) in [6, 6.07) is 8.18. The first kappa shape index (κ1) is 14.1. The quantitative estimate of drug-likeness (QED) is 0.663. The molecule has 106 valence electrons. The first-order valence-electron chi connectivity index (χ1n) is 6.54. The van der Waals surface area contributed by atoms with Crippen LogP contribution in [0.3, 0.4) is 0 Å². The van der Waals surface area contributed by atoms with Gasteiger partial charge in [0, 0.05) is 11.8 Å². The maximum absolute atomic E-state index is 11.8. The van der Waals surface area contributed by atoms with Gasteiger partial charge in [-0.1, -0.05) is 25.5 Å². The molecule has 0 fully saturated rings. The van der Waals surface area contributed by atoms with Gasteiger partial charge in [-0.25, -0.2) is 0 Å². The van der Waals surface area contributed by atoms with Gasteiger partial charge in [-0.3, -0.25) is 19.8 Å². The zero-order valence-corrected chi connectivity index (χ0v) is 11.3. The minimum absolute atomic E-state index is 0.178. The second-order valence-corrected chi connectivity index (χ2v) is 4.63. The van der Waals surface area contributed by atoms with E-state index in [9.17, 15) is 9.59 Å². The number of carbonyl (C=O) groups is 1. The van der Waals surface area contributed by atoms with Gasteiger partial charge in [0.25, 0.3) is 5.56 Å². The van der Waals surface area contributed by atoms with Crippen LogP contribution in [0.15, 0.2) is 35.1 Å². The van der Waals surface area contributed by atoms with Crippen molar-refractivity contribution in [3.05, 3.63) is 40.7 Å². The van der Waals surface area contributed by atoms with Crippen molar-refractivity contribution in [2.45, 2.75) is 25.8 Å². The number of rotatable bonds is 5. The molecule has 0 aliphatic rings. The van der Waals surface area contributed by atoms with E-state index in [0.717, 1.165) is 12.0 Å². The van der Waals surface area contributed by atoms with E-state index in [4.69, 9.17) is 5.73 Å². The average molecular weight is 274 g/mol. The van der Waals surface area contributed by atoms with E-state index in [2.05, 4.69) is 15.5 Å². The van der Waals surface area contributed by atoms with Crippen LogP contribution in [0.5, 0.6) is 0 Å². The second-order valence-electron chi connectivity index (χ2n) is 4.63. The monoisotopic (exact) mass is 274 g/mol. The molecular formula is C14H18N4O2. The minimum atomic E-state index is -0.485. The highest BCUT2D eigenvalue weighted by Crippen LogP contribution is 2.18. The first-order chi connectivity index (χ1) is 9.60. The number of anilines is 1. The lowest BCUT2D eigenvalue weighted by molar-refractivity contribution is -0.117. The largest absolute Gasteiger partial charge is 0.325 e. The van der Waals surface area contributed by atoms with Crippen LogP contribution in [0.25, 0.3) is 11.3 Å². The molecule has 20 heavy (non-hydrogen) atoms. The molecule has 2 aromatic rings. The number of amides is 1. The molecule has 0 spiro atoms. The van der Waals surface area contributed by atoms with Gasteiger partial charge in [0.05, 0.1) is 11.7 Å². The maximum atomic E-state index is 11.8. The summed E-state index contributed by atoms with van der Waals surface area (Å²) in [6.45, 7) is 1.99. The van der Waals surface area contributed by atoms with Gasteiger partial charge in [0.1, 0.15) is 0 Å². The van der Waals surface area contributed by atoms with Crippen molar-refractivity contribution in [2.24, 2.45) is 5.73 Å². The summed E-state index contributed by atoms with van der Waals surface area (Å²) in [5.74, 6) is -0.186. The molecule has 1 aromatic carbocycles. The molecule has 0 unspecified atom stereocenters. The van der Waals surface area contributed by atoms with Gasteiger partial charge in [-0.15, -0.1) is 0 Å². The van der Waals surface area contributed by atoms with Gasteiger partial charge in [0.15, 0.2) is 0 Å². The van der Waals surface area contributed by atoms with Gasteiger partial charge in [-0.2, -0.15) is 0 Å². The maximum Gasteiger partial charge on any atom is 0.264 e. The first-order valence-corrected chi connectivity index (χ1v) is 6.54. The lowest BCUT2D eigenvalue weighted by atomic mass is 10.1. The second kappa shape index (κ2) is 6.21. The molecule has 0 aliphatic heterocycles. The number of nitrogens with one attached hydrogen (secondary N) is 3. The molecule has 1 atom stereocenters. The Hall–Kier alpha value is -2.34. The molecule has 6 heteroatoms. The van der Waals surface area contributed by atoms with Crippen LogP contribution in [0, 0.1) is 0 Å². The van der Waals surface area contributed by atoms with Crippen molar-refractivity contribution in [1.82, 2.24) is 10.2 Å². The number of hydrogen-bond donors (Lipinski definition) is 4. The standard InChI is InChI=1S/C14H18N4O2/c1-2-3-11(15)14(20)16-10-6-4-9(5-7-10)12-8-13(19)18-17-12/h4-8,11H,2-3,15H2,1H3,(H,16,20)(H2,17,18,19)/t11-/m0/s1. The summed E-state index contributed by atoms with van der Waals surface area (Å²) >= 11 is 0. The predicted molar refractivity (Wildman–Crippen MR) is 78.4 cm³/mol. The number of H-pyrrole nitrogens is 2. The van der Waals surface area contributed by atoms with Gasteiger partial charge in [-0.05, 0) is 24.1 Å². The Kier molecular flexibility index (Phi) is 4.37. The molecule has 1 amide bonds. The third-order valence-electron chi connectivity index (χ3n) is 3.00. The van der Waals surface area contributed by atoms with Crippen LogP contribution >= 0.6 is 0 Å². The van der Waals surface area contributed by atoms with Gasteiger partial charge < -0.3 is 11.1 Å². The van der Waals surface area contributed by atoms with E-state index in [1.54, 1.807) is 12.1 Å². The highest BCUT2D eigenvalue weighted by Gasteiger charge is 2.12. The number of hydrogen-bond acceptors (Lipinski definition) is 3. The zero-order valence-electron chi connectivity index (χ0n) is 11.3. The van der Waals surface area contributed by atoms with Crippen LogP contribution in [0.4, 0.5) is 5.69 Å². The Morgan fingerprint density at radius 3 is 2.55 bits per heavy atom. The summed E-state index contributed by atoms with van der Waals surface area (Å²) in [5, 5.41) is 8.01. The highest BCUT2D eigenvalue weighted by atomic mass is 16.2. The SMILES string of the molecule is CCC[C@H](N)C(=O)Nc1ccc(-c2cc(=O)[nH][nH]2)cc1. The van der Waals surface area contributed by atoms with Crippen LogP contribution in [0.1, 0.15) is 19.8 Å². The van der Waals surface area contributed by atoms with E-state index in [-0.39, 0.29) is 11.5 Å². The van der Waals surface area contributed by atoms with Crippen molar-refractivity contribution in [2.75, 3.05) is 5.32 Å². The Bertz CT molecular complexity index is 627. The van der Waals surface area contributed by atoms with Crippen LogP contribution in [0.2, 0.25) is 0 Å². The number of aromatic amines is 2. The number of carbonyl (C=O) groups excluding carboxylic acids is 1. The zero-order chi connectivity index (χ0) is 14.5. The van der Waals surface area contributed by atoms with Crippen molar-refractivity contribution in [3.63, 3.8) is 0 Å². The summed E-state index contributed by atoms with van der Waals surface area (Å²) in [5.41, 5.74) is 7.81. The lowest BCUT2D eigenvalue weighted by Gasteiger charge is -2.11. The highest BCUT2D eigenvalue weighted by molar-refractivity contribution is 5.94. The number of nitrogens with two attached hydrogens (primary N) is 1. The molecule has 1 aromatic heterocycles. The van der Waals surface area contributed by atoms with Crippen molar-refractivity contribution < 1.29 is 4.79 Å². The molecule has 6 nitrogen and oxygen atoms in total. The van der Waals surface area contributed by atoms with Crippen molar-refractivity contribution in [3.8, 4) is 11.3 Å². The molecule has 2 rings (SSSR count). The summed E-state index contributed by atoms with van der Waals surface area (Å²) in [7, 11) is 0. The Labute approximate surface area is 116 Å². The molecule has 0 saturated carbocycles.